The highest BCUT2D eigenvalue weighted by molar-refractivity contribution is 7.89. The highest BCUT2D eigenvalue weighted by Gasteiger charge is 2.36. The van der Waals surface area contributed by atoms with Gasteiger partial charge in [-0.3, -0.25) is 4.79 Å². The molecule has 1 aromatic carbocycles. The minimum absolute atomic E-state index is 0.0338. The number of nitrogens with zero attached hydrogens (tertiary/aromatic N) is 2. The summed E-state index contributed by atoms with van der Waals surface area (Å²) in [4.78, 5) is 29.1. The van der Waals surface area contributed by atoms with E-state index in [0.717, 1.165) is 0 Å². The Balaban J connectivity index is 2.14. The van der Waals surface area contributed by atoms with Crippen LogP contribution in [0.15, 0.2) is 35.2 Å². The van der Waals surface area contributed by atoms with Gasteiger partial charge in [-0.05, 0) is 38.8 Å². The lowest BCUT2D eigenvalue weighted by Crippen LogP contribution is -2.61. The van der Waals surface area contributed by atoms with E-state index < -0.39 is 16.1 Å². The second-order valence-electron chi connectivity index (χ2n) is 8.23. The molecule has 2 N–H and O–H groups in total. The Morgan fingerprint density at radius 3 is 2.30 bits per heavy atom. The van der Waals surface area contributed by atoms with E-state index in [-0.39, 0.29) is 34.8 Å². The summed E-state index contributed by atoms with van der Waals surface area (Å²) in [6.07, 6.45) is 0.653. The Labute approximate surface area is 180 Å². The fourth-order valence-corrected chi connectivity index (χ4v) is 4.79. The van der Waals surface area contributed by atoms with Crippen LogP contribution in [0.3, 0.4) is 0 Å². The van der Waals surface area contributed by atoms with Crippen molar-refractivity contribution in [1.29, 1.82) is 0 Å². The van der Waals surface area contributed by atoms with Gasteiger partial charge in [0, 0.05) is 31.7 Å². The van der Waals surface area contributed by atoms with Crippen LogP contribution >= 0.6 is 0 Å². The zero-order chi connectivity index (χ0) is 22.5. The first-order valence-corrected chi connectivity index (χ1v) is 12.0. The number of hydrogen-bond donors (Lipinski definition) is 2. The summed E-state index contributed by atoms with van der Waals surface area (Å²) >= 11 is 0. The highest BCUT2D eigenvalue weighted by Crippen LogP contribution is 2.18. The summed E-state index contributed by atoms with van der Waals surface area (Å²) in [7, 11) is -3.82. The number of sulfonamides is 1. The Morgan fingerprint density at radius 2 is 1.77 bits per heavy atom. The SMILES string of the molecule is CCC(C)C(NS(=O)(=O)c1ccccc1)C(=O)N1CCN(C(=O)NC(C)C)C(C)C1. The minimum atomic E-state index is -3.82. The van der Waals surface area contributed by atoms with Crippen molar-refractivity contribution in [2.75, 3.05) is 19.6 Å². The van der Waals surface area contributed by atoms with Crippen LogP contribution in [0.1, 0.15) is 41.0 Å². The monoisotopic (exact) mass is 438 g/mol. The van der Waals surface area contributed by atoms with Gasteiger partial charge in [-0.15, -0.1) is 0 Å². The Kier molecular flexibility index (Phi) is 8.25. The van der Waals surface area contributed by atoms with Gasteiger partial charge < -0.3 is 15.1 Å². The topological polar surface area (TPSA) is 98.8 Å². The van der Waals surface area contributed by atoms with Gasteiger partial charge in [0.05, 0.1) is 4.90 Å². The molecular weight excluding hydrogens is 404 g/mol. The maximum Gasteiger partial charge on any atom is 0.317 e. The molecule has 3 atom stereocenters. The molecule has 0 saturated carbocycles. The Bertz CT molecular complexity index is 829. The lowest BCUT2D eigenvalue weighted by atomic mass is 9.98. The summed E-state index contributed by atoms with van der Waals surface area (Å²) in [6, 6.07) is 6.93. The number of benzene rings is 1. The molecule has 0 spiro atoms. The lowest BCUT2D eigenvalue weighted by molar-refractivity contribution is -0.136. The fourth-order valence-electron chi connectivity index (χ4n) is 3.47. The van der Waals surface area contributed by atoms with Crippen LogP contribution < -0.4 is 10.0 Å². The first-order valence-electron chi connectivity index (χ1n) is 10.5. The van der Waals surface area contributed by atoms with Gasteiger partial charge in [0.15, 0.2) is 0 Å². The van der Waals surface area contributed by atoms with Crippen LogP contribution in [-0.2, 0) is 14.8 Å². The molecule has 8 nitrogen and oxygen atoms in total. The van der Waals surface area contributed by atoms with Crippen molar-refractivity contribution >= 4 is 22.0 Å². The predicted octanol–water partition coefficient (Wildman–Crippen LogP) is 2.03. The number of hydrogen-bond acceptors (Lipinski definition) is 4. The molecule has 3 unspecified atom stereocenters. The van der Waals surface area contributed by atoms with Crippen LogP contribution in [0.25, 0.3) is 0 Å². The van der Waals surface area contributed by atoms with E-state index in [1.54, 1.807) is 28.0 Å². The number of piperazine rings is 1. The molecule has 1 saturated heterocycles. The zero-order valence-electron chi connectivity index (χ0n) is 18.5. The molecule has 30 heavy (non-hydrogen) atoms. The Hall–Kier alpha value is -2.13. The van der Waals surface area contributed by atoms with Crippen molar-refractivity contribution in [3.8, 4) is 0 Å². The average molecular weight is 439 g/mol. The number of nitrogens with one attached hydrogen (secondary N) is 2. The molecule has 1 heterocycles. The van der Waals surface area contributed by atoms with Crippen LogP contribution in [0.4, 0.5) is 4.79 Å². The van der Waals surface area contributed by atoms with Crippen LogP contribution in [-0.4, -0.2) is 67.9 Å². The highest BCUT2D eigenvalue weighted by atomic mass is 32.2. The van der Waals surface area contributed by atoms with E-state index in [0.29, 0.717) is 26.1 Å². The summed E-state index contributed by atoms with van der Waals surface area (Å²) in [5, 5.41) is 2.88. The fraction of sp³-hybridized carbons (Fsp3) is 0.619. The quantitative estimate of drug-likeness (QED) is 0.680. The van der Waals surface area contributed by atoms with Gasteiger partial charge in [0.2, 0.25) is 15.9 Å². The van der Waals surface area contributed by atoms with Crippen LogP contribution in [0, 0.1) is 5.92 Å². The van der Waals surface area contributed by atoms with E-state index in [9.17, 15) is 18.0 Å². The third-order valence-corrected chi connectivity index (χ3v) is 6.88. The lowest BCUT2D eigenvalue weighted by Gasteiger charge is -2.41. The second-order valence-corrected chi connectivity index (χ2v) is 9.94. The molecule has 3 amide bonds. The number of amides is 3. The standard InChI is InChI=1S/C21H34N4O4S/c1-6-16(4)19(23-30(28,29)18-10-8-7-9-11-18)20(26)24-12-13-25(17(5)14-24)21(27)22-15(2)3/h7-11,15-17,19,23H,6,12-14H2,1-5H3,(H,22,27). The van der Waals surface area contributed by atoms with Gasteiger partial charge in [-0.1, -0.05) is 38.5 Å². The van der Waals surface area contributed by atoms with Gasteiger partial charge >= 0.3 is 6.03 Å². The predicted molar refractivity (Wildman–Crippen MR) is 116 cm³/mol. The second kappa shape index (κ2) is 10.3. The average Bonchev–Trinajstić information content (AvgIpc) is 2.71. The van der Waals surface area contributed by atoms with Crippen molar-refractivity contribution in [1.82, 2.24) is 19.8 Å². The maximum atomic E-state index is 13.3. The van der Waals surface area contributed by atoms with Crippen molar-refractivity contribution in [2.45, 2.75) is 64.1 Å². The zero-order valence-corrected chi connectivity index (χ0v) is 19.3. The number of carbonyl (C=O) groups is 2. The molecule has 0 bridgehead atoms. The van der Waals surface area contributed by atoms with Gasteiger partial charge in [0.25, 0.3) is 0 Å². The number of urea groups is 1. The normalized spacial score (nSPS) is 19.5. The van der Waals surface area contributed by atoms with E-state index in [2.05, 4.69) is 10.0 Å². The summed E-state index contributed by atoms with van der Waals surface area (Å²) in [6.45, 7) is 10.6. The van der Waals surface area contributed by atoms with Crippen molar-refractivity contribution in [2.24, 2.45) is 5.92 Å². The van der Waals surface area contributed by atoms with E-state index in [1.807, 2.05) is 34.6 Å². The minimum Gasteiger partial charge on any atom is -0.337 e. The third-order valence-electron chi connectivity index (χ3n) is 5.43. The van der Waals surface area contributed by atoms with Crippen LogP contribution in [0.5, 0.6) is 0 Å². The summed E-state index contributed by atoms with van der Waals surface area (Å²) < 4.78 is 28.3. The third kappa shape index (κ3) is 5.95. The Morgan fingerprint density at radius 1 is 1.13 bits per heavy atom. The summed E-state index contributed by atoms with van der Waals surface area (Å²) in [5.41, 5.74) is 0. The smallest absolute Gasteiger partial charge is 0.317 e. The largest absolute Gasteiger partial charge is 0.337 e. The molecule has 0 radical (unpaired) electrons. The molecule has 2 rings (SSSR count). The molecular formula is C21H34N4O4S. The first kappa shape index (κ1) is 24.1. The number of carbonyl (C=O) groups excluding carboxylic acids is 2. The number of rotatable bonds is 7. The molecule has 0 aromatic heterocycles. The molecule has 168 valence electrons. The molecule has 9 heteroatoms. The van der Waals surface area contributed by atoms with Crippen molar-refractivity contribution in [3.05, 3.63) is 30.3 Å². The van der Waals surface area contributed by atoms with E-state index in [4.69, 9.17) is 0 Å². The van der Waals surface area contributed by atoms with Gasteiger partial charge in [-0.25, -0.2) is 13.2 Å². The molecule has 1 aliphatic heterocycles. The molecule has 0 aliphatic carbocycles. The van der Waals surface area contributed by atoms with Gasteiger partial charge in [0.1, 0.15) is 6.04 Å². The molecule has 1 aromatic rings. The van der Waals surface area contributed by atoms with Gasteiger partial charge in [-0.2, -0.15) is 4.72 Å². The molecule has 1 aliphatic rings. The van der Waals surface area contributed by atoms with Crippen molar-refractivity contribution in [3.63, 3.8) is 0 Å². The maximum absolute atomic E-state index is 13.3. The first-order chi connectivity index (χ1) is 14.1. The molecule has 1 fully saturated rings. The van der Waals surface area contributed by atoms with E-state index in [1.165, 1.54) is 12.1 Å². The van der Waals surface area contributed by atoms with E-state index >= 15 is 0 Å². The summed E-state index contributed by atoms with van der Waals surface area (Å²) in [5.74, 6) is -0.423. The van der Waals surface area contributed by atoms with Crippen molar-refractivity contribution < 1.29 is 18.0 Å². The van der Waals surface area contributed by atoms with Crippen LogP contribution in [0.2, 0.25) is 0 Å².